The maximum absolute atomic E-state index is 12.6. The Kier molecular flexibility index (Phi) is 9.22. The highest BCUT2D eigenvalue weighted by molar-refractivity contribution is 14.0. The van der Waals surface area contributed by atoms with Crippen LogP contribution in [0.1, 0.15) is 25.7 Å². The summed E-state index contributed by atoms with van der Waals surface area (Å²) in [6.45, 7) is 2.67. The first-order valence-corrected chi connectivity index (χ1v) is 11.3. The third-order valence-electron chi connectivity index (χ3n) is 5.18. The number of nitrogens with zero attached hydrogens (tertiary/aromatic N) is 4. The van der Waals surface area contributed by atoms with Gasteiger partial charge in [-0.2, -0.15) is 4.31 Å². The zero-order chi connectivity index (χ0) is 19.1. The van der Waals surface area contributed by atoms with E-state index in [2.05, 4.69) is 25.5 Å². The highest BCUT2D eigenvalue weighted by Crippen LogP contribution is 2.17. The zero-order valence-electron chi connectivity index (χ0n) is 16.4. The largest absolute Gasteiger partial charge is 0.355 e. The Morgan fingerprint density at radius 2 is 1.93 bits per heavy atom. The molecule has 1 aliphatic heterocycles. The Balaban J connectivity index is 0.00000280. The van der Waals surface area contributed by atoms with Crippen molar-refractivity contribution in [2.45, 2.75) is 31.7 Å². The summed E-state index contributed by atoms with van der Waals surface area (Å²) in [6.07, 6.45) is 6.55. The summed E-state index contributed by atoms with van der Waals surface area (Å²) < 4.78 is 26.9. The summed E-state index contributed by atoms with van der Waals surface area (Å²) in [5.41, 5.74) is 0. The fourth-order valence-electron chi connectivity index (χ4n) is 3.62. The van der Waals surface area contributed by atoms with E-state index in [0.717, 1.165) is 18.7 Å². The van der Waals surface area contributed by atoms with Gasteiger partial charge < -0.3 is 15.5 Å². The predicted octanol–water partition coefficient (Wildman–Crippen LogP) is 1.26. The number of hydrogen-bond donors (Lipinski definition) is 2. The smallest absolute Gasteiger partial charge is 0.215 e. The number of pyridine rings is 1. The molecule has 0 atom stereocenters. The van der Waals surface area contributed by atoms with Gasteiger partial charge in [0.2, 0.25) is 10.0 Å². The van der Waals surface area contributed by atoms with Crippen molar-refractivity contribution in [3.8, 4) is 0 Å². The minimum absolute atomic E-state index is 0. The number of nitrogens with one attached hydrogen (secondary N) is 2. The Bertz CT molecular complexity index is 717. The van der Waals surface area contributed by atoms with Gasteiger partial charge in [-0.3, -0.25) is 4.99 Å². The first-order chi connectivity index (χ1) is 13.1. The van der Waals surface area contributed by atoms with Crippen molar-refractivity contribution in [1.29, 1.82) is 0 Å². The molecule has 10 heteroatoms. The van der Waals surface area contributed by atoms with Crippen LogP contribution in [-0.2, 0) is 10.0 Å². The molecule has 0 spiro atoms. The molecule has 1 aromatic heterocycles. The topological polar surface area (TPSA) is 89.9 Å². The Hall–Kier alpha value is -1.14. The predicted molar refractivity (Wildman–Crippen MR) is 124 cm³/mol. The van der Waals surface area contributed by atoms with Crippen LogP contribution in [0.2, 0.25) is 0 Å². The number of aromatic nitrogens is 1. The highest BCUT2D eigenvalue weighted by Gasteiger charge is 2.27. The van der Waals surface area contributed by atoms with Crippen LogP contribution in [-0.4, -0.2) is 75.2 Å². The van der Waals surface area contributed by atoms with Crippen molar-refractivity contribution in [1.82, 2.24) is 19.9 Å². The molecule has 28 heavy (non-hydrogen) atoms. The second kappa shape index (κ2) is 11.1. The molecule has 3 rings (SSSR count). The molecule has 2 heterocycles. The van der Waals surface area contributed by atoms with E-state index in [4.69, 9.17) is 0 Å². The van der Waals surface area contributed by atoms with Crippen molar-refractivity contribution in [2.75, 3.05) is 50.4 Å². The molecule has 2 aliphatic rings. The number of piperazine rings is 1. The fourth-order valence-corrected chi connectivity index (χ4v) is 4.96. The van der Waals surface area contributed by atoms with Gasteiger partial charge in [0.25, 0.3) is 0 Å². The Labute approximate surface area is 185 Å². The molecule has 0 unspecified atom stereocenters. The maximum atomic E-state index is 12.6. The molecule has 2 fully saturated rings. The van der Waals surface area contributed by atoms with E-state index in [1.807, 2.05) is 18.2 Å². The molecule has 2 N–H and O–H groups in total. The van der Waals surface area contributed by atoms with Gasteiger partial charge in [-0.1, -0.05) is 18.9 Å². The second-order valence-corrected chi connectivity index (χ2v) is 9.10. The molecule has 0 amide bonds. The first kappa shape index (κ1) is 23.1. The molecule has 1 aromatic rings. The van der Waals surface area contributed by atoms with Gasteiger partial charge in [-0.15, -0.1) is 24.0 Å². The van der Waals surface area contributed by atoms with Crippen molar-refractivity contribution < 1.29 is 8.42 Å². The molecule has 158 valence electrons. The number of aliphatic imine (C=N–C) groups is 1. The van der Waals surface area contributed by atoms with E-state index in [1.54, 1.807) is 17.5 Å². The number of guanidine groups is 1. The second-order valence-electron chi connectivity index (χ2n) is 7.01. The number of halogens is 1. The number of sulfonamides is 1. The van der Waals surface area contributed by atoms with Crippen LogP contribution in [0.15, 0.2) is 29.4 Å². The molecule has 0 bridgehead atoms. The lowest BCUT2D eigenvalue weighted by Gasteiger charge is -2.34. The molecular formula is C18H31IN6O2S. The van der Waals surface area contributed by atoms with Crippen LogP contribution in [0, 0.1) is 0 Å². The van der Waals surface area contributed by atoms with Crippen molar-refractivity contribution >= 4 is 45.8 Å². The van der Waals surface area contributed by atoms with Crippen molar-refractivity contribution in [2.24, 2.45) is 4.99 Å². The highest BCUT2D eigenvalue weighted by atomic mass is 127. The Morgan fingerprint density at radius 1 is 1.21 bits per heavy atom. The van der Waals surface area contributed by atoms with Gasteiger partial charge >= 0.3 is 0 Å². The fraction of sp³-hybridized carbons (Fsp3) is 0.667. The van der Waals surface area contributed by atoms with E-state index in [0.29, 0.717) is 44.7 Å². The number of hydrogen-bond acceptors (Lipinski definition) is 5. The normalized spacial score (nSPS) is 19.3. The van der Waals surface area contributed by atoms with Crippen molar-refractivity contribution in [3.05, 3.63) is 24.4 Å². The monoisotopic (exact) mass is 522 g/mol. The Morgan fingerprint density at radius 3 is 2.54 bits per heavy atom. The lowest BCUT2D eigenvalue weighted by Crippen LogP contribution is -2.51. The van der Waals surface area contributed by atoms with E-state index >= 15 is 0 Å². The van der Waals surface area contributed by atoms with Gasteiger partial charge in [0.15, 0.2) is 5.96 Å². The van der Waals surface area contributed by atoms with Crippen LogP contribution in [0.3, 0.4) is 0 Å². The third-order valence-corrected chi connectivity index (χ3v) is 7.05. The van der Waals surface area contributed by atoms with E-state index < -0.39 is 10.0 Å². The SMILES string of the molecule is CN=C(NCCS(=O)(=O)N1CCN(c2ccccn2)CC1)NC1CCCC1.I. The van der Waals surface area contributed by atoms with Crippen molar-refractivity contribution in [3.63, 3.8) is 0 Å². The summed E-state index contributed by atoms with van der Waals surface area (Å²) >= 11 is 0. The zero-order valence-corrected chi connectivity index (χ0v) is 19.5. The van der Waals surface area contributed by atoms with Crippen LogP contribution >= 0.6 is 24.0 Å². The molecular weight excluding hydrogens is 491 g/mol. The molecule has 1 saturated heterocycles. The lowest BCUT2D eigenvalue weighted by molar-refractivity contribution is 0.384. The quantitative estimate of drug-likeness (QED) is 0.332. The standard InChI is InChI=1S/C18H30N6O2S.HI/c1-19-18(22-16-6-2-3-7-16)21-10-15-27(25,26)24-13-11-23(12-14-24)17-8-4-5-9-20-17;/h4-5,8-9,16H,2-3,6-7,10-15H2,1H3,(H2,19,21,22);1H. The van der Waals surface area contributed by atoms with Crippen LogP contribution in [0.5, 0.6) is 0 Å². The maximum Gasteiger partial charge on any atom is 0.215 e. The molecule has 0 radical (unpaired) electrons. The average Bonchev–Trinajstić information content (AvgIpc) is 3.21. The minimum Gasteiger partial charge on any atom is -0.355 e. The van der Waals surface area contributed by atoms with Gasteiger partial charge in [-0.25, -0.2) is 13.4 Å². The summed E-state index contributed by atoms with van der Waals surface area (Å²) in [4.78, 5) is 10.7. The number of anilines is 1. The molecule has 1 aliphatic carbocycles. The molecule has 1 saturated carbocycles. The summed E-state index contributed by atoms with van der Waals surface area (Å²) in [6, 6.07) is 6.24. The van der Waals surface area contributed by atoms with Crippen LogP contribution < -0.4 is 15.5 Å². The first-order valence-electron chi connectivity index (χ1n) is 9.69. The third kappa shape index (κ3) is 6.45. The summed E-state index contributed by atoms with van der Waals surface area (Å²) in [7, 11) is -1.56. The molecule has 8 nitrogen and oxygen atoms in total. The van der Waals surface area contributed by atoms with Gasteiger partial charge in [0.1, 0.15) is 5.82 Å². The lowest BCUT2D eigenvalue weighted by atomic mass is 10.2. The minimum atomic E-state index is -3.28. The average molecular weight is 522 g/mol. The summed E-state index contributed by atoms with van der Waals surface area (Å²) in [5, 5.41) is 6.51. The summed E-state index contributed by atoms with van der Waals surface area (Å²) in [5.74, 6) is 1.66. The van der Waals surface area contributed by atoms with Crippen LogP contribution in [0.25, 0.3) is 0 Å². The molecule has 0 aromatic carbocycles. The van der Waals surface area contributed by atoms with Gasteiger partial charge in [0, 0.05) is 52.0 Å². The number of rotatable bonds is 6. The van der Waals surface area contributed by atoms with E-state index in [9.17, 15) is 8.42 Å². The van der Waals surface area contributed by atoms with Gasteiger partial charge in [0.05, 0.1) is 5.75 Å². The van der Waals surface area contributed by atoms with E-state index in [-0.39, 0.29) is 29.7 Å². The van der Waals surface area contributed by atoms with Gasteiger partial charge in [-0.05, 0) is 25.0 Å². The van der Waals surface area contributed by atoms with Crippen LogP contribution in [0.4, 0.5) is 5.82 Å². The van der Waals surface area contributed by atoms with E-state index in [1.165, 1.54) is 12.8 Å².